The van der Waals surface area contributed by atoms with Crippen LogP contribution in [-0.2, 0) is 11.3 Å². The highest BCUT2D eigenvalue weighted by Gasteiger charge is 2.10. The van der Waals surface area contributed by atoms with E-state index in [0.29, 0.717) is 18.9 Å². The van der Waals surface area contributed by atoms with E-state index in [-0.39, 0.29) is 5.91 Å². The van der Waals surface area contributed by atoms with Gasteiger partial charge in [-0.15, -0.1) is 0 Å². The van der Waals surface area contributed by atoms with Crippen LogP contribution in [0.1, 0.15) is 32.3 Å². The molecule has 0 atom stereocenters. The molecule has 0 spiro atoms. The lowest BCUT2D eigenvalue weighted by molar-refractivity contribution is -0.130. The number of carbonyl (C=O) groups is 1. The predicted octanol–water partition coefficient (Wildman–Crippen LogP) is 2.66. The number of nitrogen functional groups attached to an aromatic ring is 1. The van der Waals surface area contributed by atoms with Gasteiger partial charge in [-0.3, -0.25) is 4.79 Å². The number of anilines is 1. The monoisotopic (exact) mass is 234 g/mol. The molecule has 0 fully saturated rings. The summed E-state index contributed by atoms with van der Waals surface area (Å²) in [6.07, 6.45) is 1.55. The van der Waals surface area contributed by atoms with Crippen LogP contribution >= 0.6 is 0 Å². The van der Waals surface area contributed by atoms with E-state index in [1.54, 1.807) is 4.90 Å². The summed E-state index contributed by atoms with van der Waals surface area (Å²) in [5.74, 6) is 0.746. The summed E-state index contributed by atoms with van der Waals surface area (Å²) in [7, 11) is 1.83. The Bertz CT molecular complexity index is 374. The maximum Gasteiger partial charge on any atom is 0.222 e. The molecule has 0 heterocycles. The van der Waals surface area contributed by atoms with Crippen molar-refractivity contribution in [3.63, 3.8) is 0 Å². The molecule has 1 amide bonds. The van der Waals surface area contributed by atoms with Crippen molar-refractivity contribution in [3.8, 4) is 0 Å². The maximum atomic E-state index is 11.8. The van der Waals surface area contributed by atoms with Crippen molar-refractivity contribution in [1.82, 2.24) is 4.90 Å². The van der Waals surface area contributed by atoms with Crippen molar-refractivity contribution < 1.29 is 4.79 Å². The fourth-order valence-corrected chi connectivity index (χ4v) is 1.62. The molecular formula is C14H22N2O. The second-order valence-electron chi connectivity index (χ2n) is 4.88. The largest absolute Gasteiger partial charge is 0.398 e. The van der Waals surface area contributed by atoms with Gasteiger partial charge in [-0.05, 0) is 24.0 Å². The minimum absolute atomic E-state index is 0.182. The quantitative estimate of drug-likeness (QED) is 0.796. The van der Waals surface area contributed by atoms with E-state index in [4.69, 9.17) is 5.73 Å². The minimum Gasteiger partial charge on any atom is -0.398 e. The smallest absolute Gasteiger partial charge is 0.222 e. The summed E-state index contributed by atoms with van der Waals surface area (Å²) in [4.78, 5) is 13.6. The summed E-state index contributed by atoms with van der Waals surface area (Å²) in [6.45, 7) is 4.84. The van der Waals surface area contributed by atoms with Gasteiger partial charge >= 0.3 is 0 Å². The Morgan fingerprint density at radius 2 is 2.00 bits per heavy atom. The van der Waals surface area contributed by atoms with Crippen LogP contribution in [0.3, 0.4) is 0 Å². The summed E-state index contributed by atoms with van der Waals surface area (Å²) < 4.78 is 0. The third kappa shape index (κ3) is 4.47. The first kappa shape index (κ1) is 13.6. The van der Waals surface area contributed by atoms with Crippen LogP contribution in [-0.4, -0.2) is 17.9 Å². The highest BCUT2D eigenvalue weighted by Crippen LogP contribution is 2.14. The zero-order chi connectivity index (χ0) is 12.8. The molecule has 1 rings (SSSR count). The summed E-state index contributed by atoms with van der Waals surface area (Å²) >= 11 is 0. The summed E-state index contributed by atoms with van der Waals surface area (Å²) in [5.41, 5.74) is 7.61. The molecule has 0 aliphatic heterocycles. The first-order valence-electron chi connectivity index (χ1n) is 6.08. The zero-order valence-electron chi connectivity index (χ0n) is 10.9. The highest BCUT2D eigenvalue weighted by atomic mass is 16.2. The van der Waals surface area contributed by atoms with Crippen molar-refractivity contribution in [2.45, 2.75) is 33.2 Å². The lowest BCUT2D eigenvalue weighted by atomic mass is 10.1. The molecule has 1 aromatic carbocycles. The Hall–Kier alpha value is -1.51. The topological polar surface area (TPSA) is 46.3 Å². The molecule has 2 N–H and O–H groups in total. The van der Waals surface area contributed by atoms with Gasteiger partial charge in [-0.2, -0.15) is 0 Å². The molecule has 3 heteroatoms. The highest BCUT2D eigenvalue weighted by molar-refractivity contribution is 5.76. The van der Waals surface area contributed by atoms with Gasteiger partial charge < -0.3 is 10.6 Å². The molecule has 3 nitrogen and oxygen atoms in total. The van der Waals surface area contributed by atoms with E-state index in [0.717, 1.165) is 17.7 Å². The van der Waals surface area contributed by atoms with Crippen molar-refractivity contribution in [1.29, 1.82) is 0 Å². The average molecular weight is 234 g/mol. The Morgan fingerprint density at radius 1 is 1.35 bits per heavy atom. The maximum absolute atomic E-state index is 11.8. The van der Waals surface area contributed by atoms with E-state index >= 15 is 0 Å². The van der Waals surface area contributed by atoms with E-state index in [1.165, 1.54) is 0 Å². The molecule has 0 saturated heterocycles. The number of rotatable bonds is 5. The van der Waals surface area contributed by atoms with Gasteiger partial charge in [-0.1, -0.05) is 32.0 Å². The first-order valence-corrected chi connectivity index (χ1v) is 6.08. The Labute approximate surface area is 104 Å². The van der Waals surface area contributed by atoms with Gasteiger partial charge in [-0.25, -0.2) is 0 Å². The van der Waals surface area contributed by atoms with Gasteiger partial charge in [0.15, 0.2) is 0 Å². The Balaban J connectivity index is 2.51. The molecule has 0 aliphatic rings. The SMILES string of the molecule is CC(C)CCC(=O)N(C)Cc1ccccc1N. The number of amides is 1. The second kappa shape index (κ2) is 6.28. The normalized spacial score (nSPS) is 10.6. The number of hydrogen-bond acceptors (Lipinski definition) is 2. The van der Waals surface area contributed by atoms with Gasteiger partial charge in [0.25, 0.3) is 0 Å². The number of carbonyl (C=O) groups excluding carboxylic acids is 1. The summed E-state index contributed by atoms with van der Waals surface area (Å²) in [5, 5.41) is 0. The molecule has 0 radical (unpaired) electrons. The molecular weight excluding hydrogens is 212 g/mol. The van der Waals surface area contributed by atoms with Crippen LogP contribution in [0.4, 0.5) is 5.69 Å². The molecule has 1 aromatic rings. The lowest BCUT2D eigenvalue weighted by Gasteiger charge is -2.18. The molecule has 0 bridgehead atoms. The number of hydrogen-bond donors (Lipinski definition) is 1. The summed E-state index contributed by atoms with van der Waals surface area (Å²) in [6, 6.07) is 7.67. The molecule has 17 heavy (non-hydrogen) atoms. The van der Waals surface area contributed by atoms with Crippen molar-refractivity contribution in [3.05, 3.63) is 29.8 Å². The van der Waals surface area contributed by atoms with Gasteiger partial charge in [0.1, 0.15) is 0 Å². The van der Waals surface area contributed by atoms with Gasteiger partial charge in [0.2, 0.25) is 5.91 Å². The van der Waals surface area contributed by atoms with E-state index < -0.39 is 0 Å². The van der Waals surface area contributed by atoms with E-state index in [2.05, 4.69) is 13.8 Å². The standard InChI is InChI=1S/C14H22N2O/c1-11(2)8-9-14(17)16(3)10-12-6-4-5-7-13(12)15/h4-7,11H,8-10,15H2,1-3H3. The van der Waals surface area contributed by atoms with Crippen LogP contribution in [0.5, 0.6) is 0 Å². The van der Waals surface area contributed by atoms with Crippen LogP contribution in [0.2, 0.25) is 0 Å². The first-order chi connectivity index (χ1) is 8.00. The molecule has 0 unspecified atom stereocenters. The van der Waals surface area contributed by atoms with Crippen LogP contribution in [0.15, 0.2) is 24.3 Å². The lowest BCUT2D eigenvalue weighted by Crippen LogP contribution is -2.26. The minimum atomic E-state index is 0.182. The molecule has 0 saturated carbocycles. The van der Waals surface area contributed by atoms with Gasteiger partial charge in [0.05, 0.1) is 0 Å². The third-order valence-corrected chi connectivity index (χ3v) is 2.82. The number of para-hydroxylation sites is 1. The third-order valence-electron chi connectivity index (χ3n) is 2.82. The molecule has 0 aromatic heterocycles. The van der Waals surface area contributed by atoms with E-state index in [9.17, 15) is 4.79 Å². The van der Waals surface area contributed by atoms with Crippen molar-refractivity contribution in [2.75, 3.05) is 12.8 Å². The average Bonchev–Trinajstić information content (AvgIpc) is 2.28. The molecule has 94 valence electrons. The second-order valence-corrected chi connectivity index (χ2v) is 4.88. The predicted molar refractivity (Wildman–Crippen MR) is 71.4 cm³/mol. The van der Waals surface area contributed by atoms with Crippen LogP contribution in [0, 0.1) is 5.92 Å². The number of benzene rings is 1. The van der Waals surface area contributed by atoms with Crippen molar-refractivity contribution >= 4 is 11.6 Å². The Kier molecular flexibility index (Phi) is 5.01. The van der Waals surface area contributed by atoms with Crippen LogP contribution < -0.4 is 5.73 Å². The molecule has 0 aliphatic carbocycles. The van der Waals surface area contributed by atoms with Gasteiger partial charge in [0, 0.05) is 25.7 Å². The zero-order valence-corrected chi connectivity index (χ0v) is 10.9. The van der Waals surface area contributed by atoms with Crippen LogP contribution in [0.25, 0.3) is 0 Å². The fraction of sp³-hybridized carbons (Fsp3) is 0.500. The fourth-order valence-electron chi connectivity index (χ4n) is 1.62. The number of nitrogens with zero attached hydrogens (tertiary/aromatic N) is 1. The Morgan fingerprint density at radius 3 is 2.59 bits per heavy atom. The van der Waals surface area contributed by atoms with Crippen molar-refractivity contribution in [2.24, 2.45) is 5.92 Å². The number of nitrogens with two attached hydrogens (primary N) is 1. The van der Waals surface area contributed by atoms with E-state index in [1.807, 2.05) is 31.3 Å².